The molecule has 0 fully saturated rings. The first-order chi connectivity index (χ1) is 7.86. The Hall–Kier alpha value is -1.42. The van der Waals surface area contributed by atoms with E-state index in [2.05, 4.69) is 25.9 Å². The molecule has 2 heterocycles. The summed E-state index contributed by atoms with van der Waals surface area (Å²) in [6.07, 6.45) is 7.11. The zero-order chi connectivity index (χ0) is 11.4. The Labute approximate surface area is 103 Å². The van der Waals surface area contributed by atoms with E-state index in [0.717, 1.165) is 27.8 Å². The minimum atomic E-state index is 0.732. The summed E-state index contributed by atoms with van der Waals surface area (Å²) in [5.74, 6) is 0.797. The number of methoxy groups -OCH3 is 1. The molecule has 2 rings (SSSR count). The van der Waals surface area contributed by atoms with Gasteiger partial charge in [-0.15, -0.1) is 0 Å². The van der Waals surface area contributed by atoms with Gasteiger partial charge in [-0.2, -0.15) is 0 Å². The van der Waals surface area contributed by atoms with Crippen molar-refractivity contribution < 1.29 is 4.74 Å². The van der Waals surface area contributed by atoms with Gasteiger partial charge in [-0.1, -0.05) is 15.9 Å². The molecule has 0 aliphatic rings. The average molecular weight is 279 g/mol. The Balaban J connectivity index is 2.57. The van der Waals surface area contributed by atoms with Crippen molar-refractivity contribution in [1.82, 2.24) is 9.97 Å². The molecular formula is C12H11BrN2O. The second kappa shape index (κ2) is 5.07. The van der Waals surface area contributed by atoms with Gasteiger partial charge in [0.15, 0.2) is 0 Å². The van der Waals surface area contributed by atoms with Crippen LogP contribution < -0.4 is 4.74 Å². The molecule has 3 nitrogen and oxygen atoms in total. The lowest BCUT2D eigenvalue weighted by Gasteiger charge is -2.10. The molecule has 0 amide bonds. The third kappa shape index (κ3) is 2.07. The van der Waals surface area contributed by atoms with Crippen LogP contribution in [0.25, 0.3) is 11.1 Å². The number of aromatic nitrogens is 2. The first-order valence-corrected chi connectivity index (χ1v) is 5.96. The third-order valence-corrected chi connectivity index (χ3v) is 2.92. The zero-order valence-electron chi connectivity index (χ0n) is 8.85. The number of ether oxygens (including phenoxy) is 1. The molecule has 82 valence electrons. The molecule has 0 saturated heterocycles. The quantitative estimate of drug-likeness (QED) is 0.810. The largest absolute Gasteiger partial charge is 0.495 e. The maximum absolute atomic E-state index is 5.29. The van der Waals surface area contributed by atoms with Gasteiger partial charge in [-0.05, 0) is 17.7 Å². The first-order valence-electron chi connectivity index (χ1n) is 4.84. The minimum absolute atomic E-state index is 0.732. The van der Waals surface area contributed by atoms with Crippen molar-refractivity contribution in [2.45, 2.75) is 5.33 Å². The highest BCUT2D eigenvalue weighted by atomic mass is 79.9. The van der Waals surface area contributed by atoms with Gasteiger partial charge in [0.05, 0.1) is 13.3 Å². The van der Waals surface area contributed by atoms with Crippen molar-refractivity contribution in [1.29, 1.82) is 0 Å². The fourth-order valence-corrected chi connectivity index (χ4v) is 2.14. The van der Waals surface area contributed by atoms with Gasteiger partial charge in [0.25, 0.3) is 0 Å². The van der Waals surface area contributed by atoms with E-state index in [9.17, 15) is 0 Å². The number of pyridine rings is 2. The second-order valence-electron chi connectivity index (χ2n) is 3.24. The number of nitrogens with zero attached hydrogens (tertiary/aromatic N) is 2. The Morgan fingerprint density at radius 1 is 1.19 bits per heavy atom. The third-order valence-electron chi connectivity index (χ3n) is 2.36. The van der Waals surface area contributed by atoms with E-state index in [0.29, 0.717) is 0 Å². The molecule has 0 aliphatic carbocycles. The molecule has 0 unspecified atom stereocenters. The lowest BCUT2D eigenvalue weighted by atomic mass is 10.0. The molecule has 2 aromatic heterocycles. The first kappa shape index (κ1) is 11.1. The van der Waals surface area contributed by atoms with Gasteiger partial charge in [0.2, 0.25) is 0 Å². The smallest absolute Gasteiger partial charge is 0.141 e. The van der Waals surface area contributed by atoms with Crippen LogP contribution in [0.3, 0.4) is 0 Å². The molecular weight excluding hydrogens is 268 g/mol. The summed E-state index contributed by atoms with van der Waals surface area (Å²) in [6, 6.07) is 3.92. The standard InChI is InChI=1S/C12H11BrN2O/c1-16-12-8-15-7-11(10(12)6-13)9-2-4-14-5-3-9/h2-5,7-8H,6H2,1H3. The summed E-state index contributed by atoms with van der Waals surface area (Å²) >= 11 is 3.47. The summed E-state index contributed by atoms with van der Waals surface area (Å²) in [4.78, 5) is 8.18. The van der Waals surface area contributed by atoms with Crippen LogP contribution in [-0.4, -0.2) is 17.1 Å². The summed E-state index contributed by atoms with van der Waals surface area (Å²) < 4.78 is 5.29. The Morgan fingerprint density at radius 2 is 1.94 bits per heavy atom. The second-order valence-corrected chi connectivity index (χ2v) is 3.80. The SMILES string of the molecule is COc1cncc(-c2ccncc2)c1CBr. The van der Waals surface area contributed by atoms with Crippen LogP contribution in [0, 0.1) is 0 Å². The van der Waals surface area contributed by atoms with Gasteiger partial charge in [-0.25, -0.2) is 0 Å². The number of hydrogen-bond acceptors (Lipinski definition) is 3. The molecule has 2 aromatic rings. The highest BCUT2D eigenvalue weighted by molar-refractivity contribution is 9.08. The number of hydrogen-bond donors (Lipinski definition) is 0. The van der Waals surface area contributed by atoms with E-state index in [1.54, 1.807) is 25.7 Å². The normalized spacial score (nSPS) is 10.1. The Bertz CT molecular complexity index is 474. The van der Waals surface area contributed by atoms with Crippen LogP contribution >= 0.6 is 15.9 Å². The Kier molecular flexibility index (Phi) is 3.51. The van der Waals surface area contributed by atoms with Crippen LogP contribution in [0.15, 0.2) is 36.9 Å². The zero-order valence-corrected chi connectivity index (χ0v) is 10.4. The van der Waals surface area contributed by atoms with Gasteiger partial charge < -0.3 is 4.74 Å². The summed E-state index contributed by atoms with van der Waals surface area (Å²) in [5, 5.41) is 0.732. The summed E-state index contributed by atoms with van der Waals surface area (Å²) in [6.45, 7) is 0. The van der Waals surface area contributed by atoms with Crippen LogP contribution in [0.5, 0.6) is 5.75 Å². The summed E-state index contributed by atoms with van der Waals surface area (Å²) in [5.41, 5.74) is 3.26. The fraction of sp³-hybridized carbons (Fsp3) is 0.167. The number of rotatable bonds is 3. The van der Waals surface area contributed by atoms with E-state index in [1.165, 1.54) is 0 Å². The van der Waals surface area contributed by atoms with Crippen molar-refractivity contribution in [3.05, 3.63) is 42.5 Å². The van der Waals surface area contributed by atoms with E-state index in [1.807, 2.05) is 18.3 Å². The van der Waals surface area contributed by atoms with Crippen LogP contribution in [0.4, 0.5) is 0 Å². The monoisotopic (exact) mass is 278 g/mol. The molecule has 16 heavy (non-hydrogen) atoms. The molecule has 0 N–H and O–H groups in total. The number of halogens is 1. The van der Waals surface area contributed by atoms with Crippen LogP contribution in [-0.2, 0) is 5.33 Å². The fourth-order valence-electron chi connectivity index (χ4n) is 1.56. The predicted molar refractivity (Wildman–Crippen MR) is 66.7 cm³/mol. The van der Waals surface area contributed by atoms with E-state index in [-0.39, 0.29) is 0 Å². The summed E-state index contributed by atoms with van der Waals surface area (Å²) in [7, 11) is 1.65. The highest BCUT2D eigenvalue weighted by Gasteiger charge is 2.09. The van der Waals surface area contributed by atoms with Crippen LogP contribution in [0.2, 0.25) is 0 Å². The molecule has 0 atom stereocenters. The van der Waals surface area contributed by atoms with Crippen LogP contribution in [0.1, 0.15) is 5.56 Å². The lowest BCUT2D eigenvalue weighted by molar-refractivity contribution is 0.410. The van der Waals surface area contributed by atoms with Crippen molar-refractivity contribution in [2.75, 3.05) is 7.11 Å². The minimum Gasteiger partial charge on any atom is -0.495 e. The number of alkyl halides is 1. The molecule has 0 saturated carbocycles. The van der Waals surface area contributed by atoms with Gasteiger partial charge in [-0.3, -0.25) is 9.97 Å². The topological polar surface area (TPSA) is 35.0 Å². The molecule has 0 radical (unpaired) electrons. The van der Waals surface area contributed by atoms with Gasteiger partial charge in [0, 0.05) is 35.0 Å². The average Bonchev–Trinajstić information content (AvgIpc) is 2.38. The maximum Gasteiger partial charge on any atom is 0.141 e. The van der Waals surface area contributed by atoms with Crippen molar-refractivity contribution >= 4 is 15.9 Å². The van der Waals surface area contributed by atoms with Crippen molar-refractivity contribution in [3.8, 4) is 16.9 Å². The molecule has 0 bridgehead atoms. The molecule has 0 aliphatic heterocycles. The van der Waals surface area contributed by atoms with Crippen molar-refractivity contribution in [3.63, 3.8) is 0 Å². The molecule has 0 spiro atoms. The highest BCUT2D eigenvalue weighted by Crippen LogP contribution is 2.30. The van der Waals surface area contributed by atoms with Gasteiger partial charge >= 0.3 is 0 Å². The lowest BCUT2D eigenvalue weighted by Crippen LogP contribution is -1.94. The van der Waals surface area contributed by atoms with E-state index < -0.39 is 0 Å². The van der Waals surface area contributed by atoms with E-state index in [4.69, 9.17) is 4.74 Å². The van der Waals surface area contributed by atoms with Crippen molar-refractivity contribution in [2.24, 2.45) is 0 Å². The van der Waals surface area contributed by atoms with E-state index >= 15 is 0 Å². The van der Waals surface area contributed by atoms with Gasteiger partial charge in [0.1, 0.15) is 5.75 Å². The maximum atomic E-state index is 5.29. The Morgan fingerprint density at radius 3 is 2.56 bits per heavy atom. The predicted octanol–water partition coefficient (Wildman–Crippen LogP) is 3.05. The molecule has 4 heteroatoms. The molecule has 0 aromatic carbocycles.